The van der Waals surface area contributed by atoms with Crippen molar-refractivity contribution >= 4 is 17.2 Å². The number of alkyl halides is 1. The minimum absolute atomic E-state index is 0.0891. The Hall–Kier alpha value is -1.78. The lowest BCUT2D eigenvalue weighted by atomic mass is 10.1. The van der Waals surface area contributed by atoms with Crippen LogP contribution in [0.5, 0.6) is 0 Å². The number of nitrogens with zero attached hydrogens (tertiary/aromatic N) is 3. The number of hydrogen-bond donors (Lipinski definition) is 3. The number of aliphatic hydroxyl groups is 3. The van der Waals surface area contributed by atoms with E-state index in [9.17, 15) is 19.8 Å². The fourth-order valence-corrected chi connectivity index (χ4v) is 2.81. The van der Waals surface area contributed by atoms with E-state index in [1.807, 2.05) is 0 Å². The third kappa shape index (κ3) is 2.56. The Morgan fingerprint density at radius 2 is 2.04 bits per heavy atom. The highest BCUT2D eigenvalue weighted by atomic mass is 35.5. The van der Waals surface area contributed by atoms with E-state index in [-0.39, 0.29) is 17.2 Å². The third-order valence-corrected chi connectivity index (χ3v) is 4.03. The van der Waals surface area contributed by atoms with Crippen molar-refractivity contribution in [3.05, 3.63) is 44.9 Å². The fraction of sp³-hybridized carbons (Fsp3) is 0.462. The molecular weight excluding hydrogens is 330 g/mol. The smallest absolute Gasteiger partial charge is 0.336 e. The standard InChI is InChI=1S/C13H14ClN3O6/c14-4-6-3-9(19)15-8-1-2-16(13(22)17(6)8)12-11(21)10(20)7(5-18)23-12/h1-3,7,10-12,18,20-21H,4-5H2/t7-,10-,11-,12-/m1/s1. The molecule has 3 N–H and O–H groups in total. The van der Waals surface area contributed by atoms with Crippen LogP contribution in [0.25, 0.3) is 5.65 Å². The van der Waals surface area contributed by atoms with Crippen LogP contribution in [0.2, 0.25) is 0 Å². The molecule has 0 unspecified atom stereocenters. The average molecular weight is 344 g/mol. The maximum absolute atomic E-state index is 12.6. The summed E-state index contributed by atoms with van der Waals surface area (Å²) < 4.78 is 7.52. The van der Waals surface area contributed by atoms with Crippen LogP contribution >= 0.6 is 11.6 Å². The summed E-state index contributed by atoms with van der Waals surface area (Å²) in [7, 11) is 0. The summed E-state index contributed by atoms with van der Waals surface area (Å²) in [5.41, 5.74) is -0.805. The average Bonchev–Trinajstić information content (AvgIpc) is 2.82. The molecule has 1 fully saturated rings. The highest BCUT2D eigenvalue weighted by Crippen LogP contribution is 2.28. The van der Waals surface area contributed by atoms with Gasteiger partial charge in [0, 0.05) is 18.0 Å². The van der Waals surface area contributed by atoms with Crippen molar-refractivity contribution < 1.29 is 20.1 Å². The van der Waals surface area contributed by atoms with Crippen molar-refractivity contribution in [3.8, 4) is 0 Å². The van der Waals surface area contributed by atoms with Crippen LogP contribution in [-0.4, -0.2) is 54.2 Å². The Morgan fingerprint density at radius 1 is 1.30 bits per heavy atom. The summed E-state index contributed by atoms with van der Waals surface area (Å²) in [5.74, 6) is -0.0891. The number of aromatic nitrogens is 3. The summed E-state index contributed by atoms with van der Waals surface area (Å²) in [6, 6.07) is 2.54. The Morgan fingerprint density at radius 3 is 2.65 bits per heavy atom. The van der Waals surface area contributed by atoms with E-state index in [2.05, 4.69) is 4.98 Å². The van der Waals surface area contributed by atoms with Gasteiger partial charge in [0.1, 0.15) is 24.0 Å². The molecule has 10 heteroatoms. The molecule has 23 heavy (non-hydrogen) atoms. The van der Waals surface area contributed by atoms with Crippen LogP contribution in [0.3, 0.4) is 0 Å². The molecule has 0 bridgehead atoms. The minimum Gasteiger partial charge on any atom is -0.394 e. The molecule has 2 aromatic heterocycles. The first-order valence-electron chi connectivity index (χ1n) is 6.80. The van der Waals surface area contributed by atoms with E-state index in [0.717, 1.165) is 15.0 Å². The van der Waals surface area contributed by atoms with E-state index in [1.54, 1.807) is 0 Å². The van der Waals surface area contributed by atoms with Gasteiger partial charge in [-0.3, -0.25) is 9.36 Å². The molecule has 1 aliphatic heterocycles. The lowest BCUT2D eigenvalue weighted by Crippen LogP contribution is -2.38. The molecule has 0 saturated carbocycles. The molecular formula is C13H14ClN3O6. The van der Waals surface area contributed by atoms with Crippen molar-refractivity contribution in [2.45, 2.75) is 30.4 Å². The van der Waals surface area contributed by atoms with Crippen LogP contribution in [0.4, 0.5) is 0 Å². The second-order valence-electron chi connectivity index (χ2n) is 5.15. The Balaban J connectivity index is 2.17. The van der Waals surface area contributed by atoms with E-state index >= 15 is 0 Å². The fourth-order valence-electron chi connectivity index (χ4n) is 2.61. The molecule has 1 saturated heterocycles. The van der Waals surface area contributed by atoms with Gasteiger partial charge in [-0.25, -0.2) is 9.20 Å². The number of rotatable bonds is 3. The summed E-state index contributed by atoms with van der Waals surface area (Å²) >= 11 is 5.77. The lowest BCUT2D eigenvalue weighted by Gasteiger charge is -2.18. The molecule has 0 aromatic carbocycles. The van der Waals surface area contributed by atoms with Crippen LogP contribution in [0.15, 0.2) is 27.9 Å². The number of halogens is 1. The number of fused-ring (bicyclic) bond motifs is 1. The molecule has 0 spiro atoms. The van der Waals surface area contributed by atoms with Gasteiger partial charge < -0.3 is 20.1 Å². The van der Waals surface area contributed by atoms with Crippen molar-refractivity contribution in [2.75, 3.05) is 6.61 Å². The normalized spacial score (nSPS) is 27.7. The molecule has 4 atom stereocenters. The molecule has 124 valence electrons. The number of hydrogen-bond acceptors (Lipinski definition) is 7. The zero-order chi connectivity index (χ0) is 16.7. The Kier molecular flexibility index (Phi) is 4.21. The molecule has 9 nitrogen and oxygen atoms in total. The summed E-state index contributed by atoms with van der Waals surface area (Å²) in [6.07, 6.45) is -3.61. The zero-order valence-electron chi connectivity index (χ0n) is 11.7. The van der Waals surface area contributed by atoms with Gasteiger partial charge >= 0.3 is 5.69 Å². The highest BCUT2D eigenvalue weighted by Gasteiger charge is 2.43. The summed E-state index contributed by atoms with van der Waals surface area (Å²) in [6.45, 7) is -0.502. The van der Waals surface area contributed by atoms with Crippen LogP contribution < -0.4 is 11.2 Å². The quantitative estimate of drug-likeness (QED) is 0.562. The predicted molar refractivity (Wildman–Crippen MR) is 78.3 cm³/mol. The highest BCUT2D eigenvalue weighted by molar-refractivity contribution is 6.16. The van der Waals surface area contributed by atoms with Gasteiger partial charge in [-0.2, -0.15) is 4.98 Å². The lowest BCUT2D eigenvalue weighted by molar-refractivity contribution is -0.0551. The first-order chi connectivity index (χ1) is 11.0. The summed E-state index contributed by atoms with van der Waals surface area (Å²) in [5, 5.41) is 29.0. The van der Waals surface area contributed by atoms with Gasteiger partial charge in [-0.1, -0.05) is 0 Å². The molecule has 0 amide bonds. The first kappa shape index (κ1) is 16.1. The Labute approximate surface area is 134 Å². The van der Waals surface area contributed by atoms with E-state index < -0.39 is 42.4 Å². The molecule has 3 rings (SSSR count). The van der Waals surface area contributed by atoms with Crippen molar-refractivity contribution in [1.82, 2.24) is 14.0 Å². The molecule has 3 heterocycles. The monoisotopic (exact) mass is 343 g/mol. The predicted octanol–water partition coefficient (Wildman–Crippen LogP) is -1.79. The second kappa shape index (κ2) is 6.02. The second-order valence-corrected chi connectivity index (χ2v) is 5.41. The van der Waals surface area contributed by atoms with Crippen molar-refractivity contribution in [2.24, 2.45) is 0 Å². The third-order valence-electron chi connectivity index (χ3n) is 3.76. The Bertz CT molecular complexity index is 850. The molecule has 2 aromatic rings. The zero-order valence-corrected chi connectivity index (χ0v) is 12.5. The molecule has 0 radical (unpaired) electrons. The van der Waals surface area contributed by atoms with Gasteiger partial charge in [0.05, 0.1) is 12.5 Å². The number of ether oxygens (including phenoxy) is 1. The SMILES string of the molecule is O=c1cc(CCl)n2c(=O)n([C@@H]3O[C@H](CO)[C@@H](O)[C@H]3O)ccc2n1. The van der Waals surface area contributed by atoms with Gasteiger partial charge in [0.2, 0.25) is 0 Å². The van der Waals surface area contributed by atoms with Crippen molar-refractivity contribution in [1.29, 1.82) is 0 Å². The van der Waals surface area contributed by atoms with Gasteiger partial charge in [0.15, 0.2) is 6.23 Å². The summed E-state index contributed by atoms with van der Waals surface area (Å²) in [4.78, 5) is 27.8. The first-order valence-corrected chi connectivity index (χ1v) is 7.33. The largest absolute Gasteiger partial charge is 0.394 e. The van der Waals surface area contributed by atoms with Gasteiger partial charge in [-0.05, 0) is 6.07 Å². The van der Waals surface area contributed by atoms with Crippen molar-refractivity contribution in [3.63, 3.8) is 0 Å². The van der Waals surface area contributed by atoms with E-state index in [1.165, 1.54) is 12.3 Å². The van der Waals surface area contributed by atoms with Crippen LogP contribution in [0, 0.1) is 0 Å². The van der Waals surface area contributed by atoms with Crippen LogP contribution in [-0.2, 0) is 10.6 Å². The van der Waals surface area contributed by atoms with Gasteiger partial charge in [-0.15, -0.1) is 11.6 Å². The number of aliphatic hydroxyl groups excluding tert-OH is 3. The van der Waals surface area contributed by atoms with Crippen LogP contribution in [0.1, 0.15) is 11.9 Å². The molecule has 1 aliphatic rings. The maximum atomic E-state index is 12.6. The van der Waals surface area contributed by atoms with E-state index in [4.69, 9.17) is 21.4 Å². The van der Waals surface area contributed by atoms with E-state index in [0.29, 0.717) is 0 Å². The molecule has 0 aliphatic carbocycles. The minimum atomic E-state index is -1.39. The van der Waals surface area contributed by atoms with Gasteiger partial charge in [0.25, 0.3) is 5.56 Å². The maximum Gasteiger partial charge on any atom is 0.336 e. The topological polar surface area (TPSA) is 126 Å².